The standard InChI is InChI=1S/C22H23F3N4O/c1-2-16-6-8-17(9-7-16)21-26-20(30-27-21)15-28-10-12-29(13-11-28)19-5-3-4-18(14-19)22(23,24)25/h3-9,14H,2,10-13,15H2,1H3/p+1. The van der Waals surface area contributed by atoms with Gasteiger partial charge in [0.25, 0.3) is 5.89 Å². The molecule has 0 aliphatic carbocycles. The monoisotopic (exact) mass is 417 g/mol. The molecule has 158 valence electrons. The maximum atomic E-state index is 13.0. The molecular weight excluding hydrogens is 393 g/mol. The van der Waals surface area contributed by atoms with Crippen LogP contribution in [-0.2, 0) is 19.1 Å². The zero-order valence-electron chi connectivity index (χ0n) is 16.7. The van der Waals surface area contributed by atoms with Crippen molar-refractivity contribution in [3.05, 3.63) is 65.5 Å². The summed E-state index contributed by atoms with van der Waals surface area (Å²) in [5.41, 5.74) is 2.18. The fraction of sp³-hybridized carbons (Fsp3) is 0.364. The van der Waals surface area contributed by atoms with E-state index in [0.29, 0.717) is 37.0 Å². The third kappa shape index (κ3) is 4.64. The Balaban J connectivity index is 1.35. The van der Waals surface area contributed by atoms with Crippen LogP contribution >= 0.6 is 0 Å². The molecule has 0 saturated carbocycles. The highest BCUT2D eigenvalue weighted by molar-refractivity contribution is 5.54. The first-order valence-electron chi connectivity index (χ1n) is 10.1. The third-order valence-corrected chi connectivity index (χ3v) is 5.50. The Morgan fingerprint density at radius 3 is 2.47 bits per heavy atom. The number of quaternary nitrogens is 1. The van der Waals surface area contributed by atoms with Crippen molar-refractivity contribution in [2.24, 2.45) is 0 Å². The van der Waals surface area contributed by atoms with Gasteiger partial charge >= 0.3 is 6.18 Å². The largest absolute Gasteiger partial charge is 0.416 e. The lowest BCUT2D eigenvalue weighted by atomic mass is 10.1. The van der Waals surface area contributed by atoms with E-state index >= 15 is 0 Å². The second kappa shape index (κ2) is 8.47. The molecule has 0 spiro atoms. The second-order valence-electron chi connectivity index (χ2n) is 7.52. The van der Waals surface area contributed by atoms with Gasteiger partial charge in [-0.25, -0.2) is 0 Å². The van der Waals surface area contributed by atoms with E-state index in [1.54, 1.807) is 6.07 Å². The molecular formula is C22H24F3N4O+. The lowest BCUT2D eigenvalue weighted by Gasteiger charge is -2.33. The SMILES string of the molecule is CCc1ccc(-c2noc(C[NH+]3CCN(c4cccc(C(F)(F)F)c4)CC3)n2)cc1. The van der Waals surface area contributed by atoms with E-state index in [1.165, 1.54) is 22.6 Å². The zero-order valence-corrected chi connectivity index (χ0v) is 16.7. The van der Waals surface area contributed by atoms with Crippen LogP contribution in [0.15, 0.2) is 53.1 Å². The van der Waals surface area contributed by atoms with Crippen molar-refractivity contribution < 1.29 is 22.6 Å². The summed E-state index contributed by atoms with van der Waals surface area (Å²) in [6.45, 7) is 5.65. The van der Waals surface area contributed by atoms with Crippen LogP contribution < -0.4 is 9.80 Å². The number of benzene rings is 2. The maximum Gasteiger partial charge on any atom is 0.416 e. The van der Waals surface area contributed by atoms with Gasteiger partial charge in [0.15, 0.2) is 6.54 Å². The summed E-state index contributed by atoms with van der Waals surface area (Å²) in [7, 11) is 0. The van der Waals surface area contributed by atoms with E-state index in [9.17, 15) is 13.2 Å². The van der Waals surface area contributed by atoms with Crippen molar-refractivity contribution in [2.75, 3.05) is 31.1 Å². The van der Waals surface area contributed by atoms with Crippen molar-refractivity contribution in [3.8, 4) is 11.4 Å². The lowest BCUT2D eigenvalue weighted by molar-refractivity contribution is -0.915. The summed E-state index contributed by atoms with van der Waals surface area (Å²) < 4.78 is 44.3. The lowest BCUT2D eigenvalue weighted by Crippen LogP contribution is -3.13. The molecule has 4 rings (SSSR count). The molecule has 0 unspecified atom stereocenters. The predicted molar refractivity (Wildman–Crippen MR) is 107 cm³/mol. The van der Waals surface area contributed by atoms with Gasteiger partial charge in [-0.05, 0) is 30.2 Å². The summed E-state index contributed by atoms with van der Waals surface area (Å²) in [6, 6.07) is 13.6. The van der Waals surface area contributed by atoms with Crippen molar-refractivity contribution in [1.82, 2.24) is 10.1 Å². The predicted octanol–water partition coefficient (Wildman–Crippen LogP) is 3.22. The van der Waals surface area contributed by atoms with Gasteiger partial charge in [-0.2, -0.15) is 18.2 Å². The van der Waals surface area contributed by atoms with Gasteiger partial charge < -0.3 is 14.3 Å². The Labute approximate surface area is 173 Å². The number of rotatable bonds is 5. The Hall–Kier alpha value is -2.87. The summed E-state index contributed by atoms with van der Waals surface area (Å²) in [5, 5.41) is 4.09. The molecule has 5 nitrogen and oxygen atoms in total. The molecule has 2 aromatic carbocycles. The average molecular weight is 417 g/mol. The summed E-state index contributed by atoms with van der Waals surface area (Å²) in [6.07, 6.45) is -3.34. The van der Waals surface area contributed by atoms with E-state index in [-0.39, 0.29) is 0 Å². The molecule has 30 heavy (non-hydrogen) atoms. The molecule has 1 aromatic heterocycles. The van der Waals surface area contributed by atoms with E-state index in [0.717, 1.165) is 31.1 Å². The van der Waals surface area contributed by atoms with Gasteiger partial charge in [-0.1, -0.05) is 42.4 Å². The summed E-state index contributed by atoms with van der Waals surface area (Å²) in [5.74, 6) is 1.15. The van der Waals surface area contributed by atoms with E-state index in [1.807, 2.05) is 17.0 Å². The minimum atomic E-state index is -4.32. The molecule has 0 radical (unpaired) electrons. The molecule has 0 atom stereocenters. The second-order valence-corrected chi connectivity index (χ2v) is 7.52. The number of nitrogens with one attached hydrogen (secondary N) is 1. The van der Waals surface area contributed by atoms with Crippen LogP contribution in [0.1, 0.15) is 23.9 Å². The number of hydrogen-bond donors (Lipinski definition) is 1. The first-order chi connectivity index (χ1) is 14.4. The van der Waals surface area contributed by atoms with Crippen LogP contribution in [0.2, 0.25) is 0 Å². The topological polar surface area (TPSA) is 46.6 Å². The van der Waals surface area contributed by atoms with E-state index in [2.05, 4.69) is 29.2 Å². The van der Waals surface area contributed by atoms with Crippen molar-refractivity contribution in [3.63, 3.8) is 0 Å². The summed E-state index contributed by atoms with van der Waals surface area (Å²) in [4.78, 5) is 7.77. The molecule has 1 N–H and O–H groups in total. The fourth-order valence-corrected chi connectivity index (χ4v) is 3.68. The number of alkyl halides is 3. The molecule has 1 aliphatic heterocycles. The molecule has 2 heterocycles. The number of halogens is 3. The van der Waals surface area contributed by atoms with Crippen LogP contribution in [0.3, 0.4) is 0 Å². The normalized spacial score (nSPS) is 15.5. The van der Waals surface area contributed by atoms with Gasteiger partial charge in [-0.15, -0.1) is 0 Å². The van der Waals surface area contributed by atoms with Crippen molar-refractivity contribution in [1.29, 1.82) is 0 Å². The number of nitrogens with zero attached hydrogens (tertiary/aromatic N) is 3. The van der Waals surface area contributed by atoms with Crippen LogP contribution in [0.25, 0.3) is 11.4 Å². The highest BCUT2D eigenvalue weighted by Crippen LogP contribution is 2.31. The van der Waals surface area contributed by atoms with Gasteiger partial charge in [0.2, 0.25) is 5.82 Å². The number of piperazine rings is 1. The molecule has 1 saturated heterocycles. The minimum Gasteiger partial charge on any atom is -0.360 e. The molecule has 1 aliphatic rings. The van der Waals surface area contributed by atoms with E-state index in [4.69, 9.17) is 4.52 Å². The zero-order chi connectivity index (χ0) is 21.1. The first-order valence-corrected chi connectivity index (χ1v) is 10.1. The first kappa shape index (κ1) is 20.4. The number of hydrogen-bond acceptors (Lipinski definition) is 4. The highest BCUT2D eigenvalue weighted by atomic mass is 19.4. The van der Waals surface area contributed by atoms with Crippen LogP contribution in [0, 0.1) is 0 Å². The van der Waals surface area contributed by atoms with Crippen LogP contribution in [-0.4, -0.2) is 36.3 Å². The van der Waals surface area contributed by atoms with Gasteiger partial charge in [0.1, 0.15) is 0 Å². The van der Waals surface area contributed by atoms with Gasteiger partial charge in [0, 0.05) is 11.3 Å². The highest BCUT2D eigenvalue weighted by Gasteiger charge is 2.31. The molecule has 1 fully saturated rings. The number of aryl methyl sites for hydroxylation is 1. The Morgan fingerprint density at radius 1 is 1.07 bits per heavy atom. The Bertz CT molecular complexity index is 977. The Kier molecular flexibility index (Phi) is 5.76. The van der Waals surface area contributed by atoms with Crippen LogP contribution in [0.4, 0.5) is 18.9 Å². The molecule has 3 aromatic rings. The maximum absolute atomic E-state index is 13.0. The third-order valence-electron chi connectivity index (χ3n) is 5.50. The minimum absolute atomic E-state index is 0.576. The molecule has 0 amide bonds. The van der Waals surface area contributed by atoms with Gasteiger partial charge in [-0.3, -0.25) is 0 Å². The van der Waals surface area contributed by atoms with Crippen molar-refractivity contribution in [2.45, 2.75) is 26.1 Å². The van der Waals surface area contributed by atoms with Crippen molar-refractivity contribution >= 4 is 5.69 Å². The van der Waals surface area contributed by atoms with Crippen LogP contribution in [0.5, 0.6) is 0 Å². The smallest absolute Gasteiger partial charge is 0.360 e. The average Bonchev–Trinajstić information content (AvgIpc) is 3.22. The molecule has 8 heteroatoms. The quantitative estimate of drug-likeness (QED) is 0.693. The van der Waals surface area contributed by atoms with E-state index < -0.39 is 11.7 Å². The summed E-state index contributed by atoms with van der Waals surface area (Å²) >= 11 is 0. The molecule has 0 bridgehead atoms. The fourth-order valence-electron chi connectivity index (χ4n) is 3.68. The Morgan fingerprint density at radius 2 is 1.80 bits per heavy atom. The number of anilines is 1. The number of aromatic nitrogens is 2. The van der Waals surface area contributed by atoms with Gasteiger partial charge in [0.05, 0.1) is 31.7 Å².